The standard InChI is InChI=1S/C15H16N6S/c1-21(2)15-19-13(18-14(17)20-15)11(9-16)8-10-4-6-12(22-3)7-5-10/h4-8H,1-3H3,(H2,17,18,19,20)/b11-8+. The van der Waals surface area contributed by atoms with Gasteiger partial charge in [0.15, 0.2) is 5.82 Å². The van der Waals surface area contributed by atoms with Crippen LogP contribution in [0, 0.1) is 11.3 Å². The van der Waals surface area contributed by atoms with E-state index in [9.17, 15) is 5.26 Å². The first-order chi connectivity index (χ1) is 10.5. The highest BCUT2D eigenvalue weighted by Crippen LogP contribution is 2.19. The summed E-state index contributed by atoms with van der Waals surface area (Å²) in [7, 11) is 3.60. The Bertz CT molecular complexity index is 731. The third-order valence-corrected chi connectivity index (χ3v) is 3.57. The molecule has 0 aliphatic carbocycles. The van der Waals surface area contributed by atoms with Gasteiger partial charge in [-0.3, -0.25) is 0 Å². The predicted molar refractivity (Wildman–Crippen MR) is 90.3 cm³/mol. The number of benzene rings is 1. The van der Waals surface area contributed by atoms with E-state index < -0.39 is 0 Å². The number of anilines is 2. The monoisotopic (exact) mass is 312 g/mol. The quantitative estimate of drug-likeness (QED) is 0.684. The number of hydrogen-bond acceptors (Lipinski definition) is 7. The second-order valence-electron chi connectivity index (χ2n) is 4.65. The van der Waals surface area contributed by atoms with Crippen molar-refractivity contribution in [2.45, 2.75) is 4.90 Å². The molecular weight excluding hydrogens is 296 g/mol. The minimum Gasteiger partial charge on any atom is -0.368 e. The maximum atomic E-state index is 9.38. The molecule has 0 atom stereocenters. The summed E-state index contributed by atoms with van der Waals surface area (Å²) >= 11 is 1.66. The molecule has 1 heterocycles. The van der Waals surface area contributed by atoms with Crippen molar-refractivity contribution in [1.82, 2.24) is 15.0 Å². The first kappa shape index (κ1) is 15.8. The fraction of sp³-hybridized carbons (Fsp3) is 0.200. The van der Waals surface area contributed by atoms with Gasteiger partial charge in [-0.25, -0.2) is 0 Å². The molecule has 7 heteroatoms. The zero-order chi connectivity index (χ0) is 16.1. The molecule has 0 spiro atoms. The van der Waals surface area contributed by atoms with E-state index in [-0.39, 0.29) is 11.8 Å². The summed E-state index contributed by atoms with van der Waals surface area (Å²) in [6.07, 6.45) is 3.75. The van der Waals surface area contributed by atoms with Gasteiger partial charge in [-0.2, -0.15) is 20.2 Å². The molecule has 0 aliphatic heterocycles. The first-order valence-corrected chi connectivity index (χ1v) is 7.71. The number of allylic oxidation sites excluding steroid dienone is 1. The summed E-state index contributed by atoms with van der Waals surface area (Å²) in [5.41, 5.74) is 6.94. The summed E-state index contributed by atoms with van der Waals surface area (Å²) in [6, 6.07) is 10.0. The van der Waals surface area contributed by atoms with Gasteiger partial charge < -0.3 is 10.6 Å². The third-order valence-electron chi connectivity index (χ3n) is 2.83. The Kier molecular flexibility index (Phi) is 4.96. The molecule has 0 fully saturated rings. The molecular formula is C15H16N6S. The molecule has 2 N–H and O–H groups in total. The van der Waals surface area contributed by atoms with Crippen LogP contribution in [0.1, 0.15) is 11.4 Å². The van der Waals surface area contributed by atoms with E-state index in [0.717, 1.165) is 10.5 Å². The van der Waals surface area contributed by atoms with Crippen molar-refractivity contribution in [2.24, 2.45) is 0 Å². The van der Waals surface area contributed by atoms with Crippen LogP contribution in [0.15, 0.2) is 29.2 Å². The minimum atomic E-state index is 0.0904. The lowest BCUT2D eigenvalue weighted by Gasteiger charge is -2.11. The molecule has 6 nitrogen and oxygen atoms in total. The lowest BCUT2D eigenvalue weighted by Crippen LogP contribution is -2.15. The molecule has 1 aromatic heterocycles. The second-order valence-corrected chi connectivity index (χ2v) is 5.53. The van der Waals surface area contributed by atoms with Crippen LogP contribution < -0.4 is 10.6 Å². The Morgan fingerprint density at radius 3 is 2.45 bits per heavy atom. The maximum Gasteiger partial charge on any atom is 0.230 e. The van der Waals surface area contributed by atoms with Gasteiger partial charge in [0.2, 0.25) is 11.9 Å². The average molecular weight is 312 g/mol. The van der Waals surface area contributed by atoms with Crippen molar-refractivity contribution >= 4 is 35.3 Å². The van der Waals surface area contributed by atoms with E-state index in [2.05, 4.69) is 21.0 Å². The zero-order valence-electron chi connectivity index (χ0n) is 12.6. The van der Waals surface area contributed by atoms with Crippen molar-refractivity contribution in [3.8, 4) is 6.07 Å². The van der Waals surface area contributed by atoms with Crippen molar-refractivity contribution in [3.63, 3.8) is 0 Å². The number of nitrogens with two attached hydrogens (primary N) is 1. The molecule has 0 aliphatic rings. The van der Waals surface area contributed by atoms with Gasteiger partial charge in [-0.15, -0.1) is 11.8 Å². The fourth-order valence-corrected chi connectivity index (χ4v) is 2.12. The van der Waals surface area contributed by atoms with Crippen molar-refractivity contribution in [2.75, 3.05) is 31.0 Å². The lowest BCUT2D eigenvalue weighted by atomic mass is 10.1. The summed E-state index contributed by atoms with van der Waals surface area (Å²) in [4.78, 5) is 15.2. The van der Waals surface area contributed by atoms with Gasteiger partial charge in [0.1, 0.15) is 6.07 Å². The number of nitrogens with zero attached hydrogens (tertiary/aromatic N) is 5. The second kappa shape index (κ2) is 6.91. The van der Waals surface area contributed by atoms with Crippen LogP contribution in [0.3, 0.4) is 0 Å². The van der Waals surface area contributed by atoms with Gasteiger partial charge in [0, 0.05) is 19.0 Å². The van der Waals surface area contributed by atoms with Gasteiger partial charge >= 0.3 is 0 Å². The molecule has 0 bridgehead atoms. The van der Waals surface area contributed by atoms with Crippen LogP contribution in [0.2, 0.25) is 0 Å². The fourth-order valence-electron chi connectivity index (χ4n) is 1.71. The molecule has 0 radical (unpaired) electrons. The van der Waals surface area contributed by atoms with Gasteiger partial charge in [-0.05, 0) is 30.0 Å². The lowest BCUT2D eigenvalue weighted by molar-refractivity contribution is 0.952. The van der Waals surface area contributed by atoms with E-state index in [1.807, 2.05) is 30.5 Å². The van der Waals surface area contributed by atoms with E-state index >= 15 is 0 Å². The number of nitrogen functional groups attached to an aromatic ring is 1. The largest absolute Gasteiger partial charge is 0.368 e. The normalized spacial score (nSPS) is 11.1. The van der Waals surface area contributed by atoms with Crippen LogP contribution in [0.5, 0.6) is 0 Å². The summed E-state index contributed by atoms with van der Waals surface area (Å²) in [5, 5.41) is 9.38. The highest BCUT2D eigenvalue weighted by molar-refractivity contribution is 7.98. The van der Waals surface area contributed by atoms with Crippen molar-refractivity contribution in [1.29, 1.82) is 5.26 Å². The summed E-state index contributed by atoms with van der Waals surface area (Å²) < 4.78 is 0. The van der Waals surface area contributed by atoms with Gasteiger partial charge in [0.05, 0.1) is 5.57 Å². The molecule has 0 saturated heterocycles. The predicted octanol–water partition coefficient (Wildman–Crippen LogP) is 2.31. The molecule has 2 rings (SSSR count). The molecule has 2 aromatic rings. The third kappa shape index (κ3) is 3.74. The summed E-state index contributed by atoms with van der Waals surface area (Å²) in [5.74, 6) is 0.779. The minimum absolute atomic E-state index is 0.0904. The number of hydrogen-bond donors (Lipinski definition) is 1. The molecule has 112 valence electrons. The topological polar surface area (TPSA) is 91.7 Å². The van der Waals surface area contributed by atoms with Crippen LogP contribution in [-0.2, 0) is 0 Å². The Morgan fingerprint density at radius 2 is 1.91 bits per heavy atom. The number of thioether (sulfide) groups is 1. The Balaban J connectivity index is 2.43. The highest BCUT2D eigenvalue weighted by Gasteiger charge is 2.10. The molecule has 1 aromatic carbocycles. The highest BCUT2D eigenvalue weighted by atomic mass is 32.2. The van der Waals surface area contributed by atoms with E-state index in [1.165, 1.54) is 0 Å². The van der Waals surface area contributed by atoms with Crippen molar-refractivity contribution < 1.29 is 0 Å². The van der Waals surface area contributed by atoms with Gasteiger partial charge in [-0.1, -0.05) is 12.1 Å². The average Bonchev–Trinajstić information content (AvgIpc) is 2.52. The first-order valence-electron chi connectivity index (χ1n) is 6.48. The van der Waals surface area contributed by atoms with Crippen molar-refractivity contribution in [3.05, 3.63) is 35.7 Å². The number of aromatic nitrogens is 3. The van der Waals surface area contributed by atoms with Crippen LogP contribution >= 0.6 is 11.8 Å². The van der Waals surface area contributed by atoms with Crippen LogP contribution in [-0.4, -0.2) is 35.3 Å². The Hall–Kier alpha value is -2.59. The SMILES string of the molecule is CSc1ccc(/C=C(\C#N)c2nc(N)nc(N(C)C)n2)cc1. The van der Waals surface area contributed by atoms with Crippen LogP contribution in [0.25, 0.3) is 11.6 Å². The maximum absolute atomic E-state index is 9.38. The molecule has 0 saturated carbocycles. The molecule has 0 unspecified atom stereocenters. The van der Waals surface area contributed by atoms with E-state index in [4.69, 9.17) is 5.73 Å². The molecule has 22 heavy (non-hydrogen) atoms. The smallest absolute Gasteiger partial charge is 0.230 e. The Morgan fingerprint density at radius 1 is 1.23 bits per heavy atom. The zero-order valence-corrected chi connectivity index (χ0v) is 13.4. The van der Waals surface area contributed by atoms with Gasteiger partial charge in [0.25, 0.3) is 0 Å². The van der Waals surface area contributed by atoms with E-state index in [0.29, 0.717) is 11.5 Å². The summed E-state index contributed by atoms with van der Waals surface area (Å²) in [6.45, 7) is 0. The number of rotatable bonds is 4. The van der Waals surface area contributed by atoms with E-state index in [1.54, 1.807) is 36.8 Å². The Labute approximate surface area is 133 Å². The number of nitriles is 1. The molecule has 0 amide bonds. The van der Waals surface area contributed by atoms with Crippen LogP contribution in [0.4, 0.5) is 11.9 Å².